The second kappa shape index (κ2) is 5.79. The molecule has 0 aromatic heterocycles. The van der Waals surface area contributed by atoms with Gasteiger partial charge in [0, 0.05) is 24.9 Å². The predicted octanol–water partition coefficient (Wildman–Crippen LogP) is 4.22. The van der Waals surface area contributed by atoms with Gasteiger partial charge in [-0.2, -0.15) is 0 Å². The van der Waals surface area contributed by atoms with Crippen LogP contribution in [0.25, 0.3) is 0 Å². The smallest absolute Gasteiger partial charge is 0.136 e. The lowest BCUT2D eigenvalue weighted by Crippen LogP contribution is -2.58. The van der Waals surface area contributed by atoms with Crippen LogP contribution in [0, 0.1) is 40.4 Å². The van der Waals surface area contributed by atoms with E-state index in [1.807, 2.05) is 0 Å². The largest absolute Gasteiger partial charge is 0.387 e. The van der Waals surface area contributed by atoms with Gasteiger partial charge in [0.2, 0.25) is 0 Å². The fourth-order valence-electron chi connectivity index (χ4n) is 7.99. The van der Waals surface area contributed by atoms with Gasteiger partial charge < -0.3 is 9.84 Å². The molecule has 0 unspecified atom stereocenters. The number of hydrogen-bond acceptors (Lipinski definition) is 3. The van der Waals surface area contributed by atoms with Crippen LogP contribution >= 0.6 is 0 Å². The lowest BCUT2D eigenvalue weighted by molar-refractivity contribution is -0.172. The van der Waals surface area contributed by atoms with Gasteiger partial charge in [0.25, 0.3) is 0 Å². The van der Waals surface area contributed by atoms with Crippen LogP contribution in [-0.2, 0) is 9.53 Å². The number of rotatable bonds is 2. The Morgan fingerprint density at radius 3 is 2.56 bits per heavy atom. The summed E-state index contributed by atoms with van der Waals surface area (Å²) in [5, 5.41) is 11.3. The Kier molecular flexibility index (Phi) is 4.16. The highest BCUT2D eigenvalue weighted by molar-refractivity contribution is 5.82. The summed E-state index contributed by atoms with van der Waals surface area (Å²) in [6, 6.07) is 0. The first-order valence-electron chi connectivity index (χ1n) is 10.5. The molecule has 0 aromatic rings. The fraction of sp³-hybridized carbons (Fsp3) is 0.955. The molecule has 0 spiro atoms. The molecule has 0 radical (unpaired) electrons. The lowest BCUT2D eigenvalue weighted by atomic mass is 9.44. The summed E-state index contributed by atoms with van der Waals surface area (Å²) >= 11 is 0. The molecule has 4 aliphatic rings. The highest BCUT2D eigenvalue weighted by atomic mass is 16.5. The molecule has 4 saturated carbocycles. The molecule has 4 rings (SSSR count). The Labute approximate surface area is 152 Å². The second-order valence-electron chi connectivity index (χ2n) is 10.4. The highest BCUT2D eigenvalue weighted by Crippen LogP contribution is 2.68. The van der Waals surface area contributed by atoms with Crippen LogP contribution in [0.3, 0.4) is 0 Å². The SMILES string of the molecule is COC[C@]1(O)CC[C@H]2[C@@H]3CC[C@H]4CC(=O)[C@H](C)C[C@]4(C)[C@H]3CC[C@@]21C. The van der Waals surface area contributed by atoms with Gasteiger partial charge in [0.15, 0.2) is 0 Å². The molecule has 4 fully saturated rings. The minimum absolute atomic E-state index is 0.00345. The summed E-state index contributed by atoms with van der Waals surface area (Å²) in [5.41, 5.74) is -0.312. The minimum atomic E-state index is -0.648. The molecule has 0 aromatic carbocycles. The molecule has 8 atom stereocenters. The van der Waals surface area contributed by atoms with Crippen molar-refractivity contribution in [2.75, 3.05) is 13.7 Å². The third kappa shape index (κ3) is 2.34. The van der Waals surface area contributed by atoms with Crippen LogP contribution in [0.2, 0.25) is 0 Å². The summed E-state index contributed by atoms with van der Waals surface area (Å²) in [6.45, 7) is 7.45. The number of fused-ring (bicyclic) bond motifs is 5. The monoisotopic (exact) mass is 348 g/mol. The van der Waals surface area contributed by atoms with Gasteiger partial charge in [-0.1, -0.05) is 20.8 Å². The molecule has 0 amide bonds. The van der Waals surface area contributed by atoms with Gasteiger partial charge in [0.05, 0.1) is 12.2 Å². The van der Waals surface area contributed by atoms with E-state index in [0.717, 1.165) is 43.9 Å². The predicted molar refractivity (Wildman–Crippen MR) is 98.1 cm³/mol. The number of hydrogen-bond donors (Lipinski definition) is 1. The van der Waals surface area contributed by atoms with E-state index in [0.29, 0.717) is 29.6 Å². The zero-order chi connectivity index (χ0) is 18.0. The molecule has 0 heterocycles. The number of carbonyl (C=O) groups is 1. The van der Waals surface area contributed by atoms with Crippen LogP contribution in [0.5, 0.6) is 0 Å². The Balaban J connectivity index is 1.63. The third-order valence-electron chi connectivity index (χ3n) is 9.51. The van der Waals surface area contributed by atoms with Crippen molar-refractivity contribution in [1.82, 2.24) is 0 Å². The van der Waals surface area contributed by atoms with E-state index in [1.54, 1.807) is 7.11 Å². The summed E-state index contributed by atoms with van der Waals surface area (Å²) in [6.07, 6.45) is 8.75. The summed E-state index contributed by atoms with van der Waals surface area (Å²) < 4.78 is 5.42. The normalized spacial score (nSPS) is 55.4. The zero-order valence-electron chi connectivity index (χ0n) is 16.5. The number of Topliss-reactive ketones (excluding diaryl/α,β-unsaturated/α-hetero) is 1. The van der Waals surface area contributed by atoms with Crippen molar-refractivity contribution in [3.63, 3.8) is 0 Å². The molecular weight excluding hydrogens is 312 g/mol. The number of methoxy groups -OCH3 is 1. The maximum absolute atomic E-state index is 12.3. The van der Waals surface area contributed by atoms with E-state index < -0.39 is 5.60 Å². The van der Waals surface area contributed by atoms with E-state index in [1.165, 1.54) is 19.3 Å². The van der Waals surface area contributed by atoms with E-state index in [9.17, 15) is 9.90 Å². The zero-order valence-corrected chi connectivity index (χ0v) is 16.5. The Hall–Kier alpha value is -0.410. The topological polar surface area (TPSA) is 46.5 Å². The van der Waals surface area contributed by atoms with Gasteiger partial charge in [-0.25, -0.2) is 0 Å². The average molecular weight is 349 g/mol. The average Bonchev–Trinajstić information content (AvgIpc) is 2.81. The Bertz CT molecular complexity index is 559. The van der Waals surface area contributed by atoms with Gasteiger partial charge in [-0.3, -0.25) is 4.79 Å². The lowest BCUT2D eigenvalue weighted by Gasteiger charge is -2.61. The highest BCUT2D eigenvalue weighted by Gasteiger charge is 2.64. The maximum Gasteiger partial charge on any atom is 0.136 e. The molecule has 25 heavy (non-hydrogen) atoms. The number of aliphatic hydroxyl groups is 1. The minimum Gasteiger partial charge on any atom is -0.387 e. The van der Waals surface area contributed by atoms with E-state index >= 15 is 0 Å². The summed E-state index contributed by atoms with van der Waals surface area (Å²) in [5.74, 6) is 3.42. The summed E-state index contributed by atoms with van der Waals surface area (Å²) in [4.78, 5) is 12.3. The number of ether oxygens (including phenoxy) is 1. The Morgan fingerprint density at radius 2 is 1.84 bits per heavy atom. The molecule has 0 bridgehead atoms. The first-order chi connectivity index (χ1) is 11.7. The molecule has 3 heteroatoms. The van der Waals surface area contributed by atoms with Crippen LogP contribution < -0.4 is 0 Å². The van der Waals surface area contributed by atoms with Crippen molar-refractivity contribution in [2.24, 2.45) is 40.4 Å². The number of carbonyl (C=O) groups excluding carboxylic acids is 1. The third-order valence-corrected chi connectivity index (χ3v) is 9.51. The molecule has 0 saturated heterocycles. The molecular formula is C22H36O3. The van der Waals surface area contributed by atoms with Crippen molar-refractivity contribution in [3.05, 3.63) is 0 Å². The second-order valence-corrected chi connectivity index (χ2v) is 10.4. The van der Waals surface area contributed by atoms with E-state index in [-0.39, 0.29) is 11.3 Å². The van der Waals surface area contributed by atoms with Crippen LogP contribution in [0.4, 0.5) is 0 Å². The van der Waals surface area contributed by atoms with Gasteiger partial charge in [-0.15, -0.1) is 0 Å². The maximum atomic E-state index is 12.3. The van der Waals surface area contributed by atoms with E-state index in [4.69, 9.17) is 4.74 Å². The molecule has 0 aliphatic heterocycles. The van der Waals surface area contributed by atoms with E-state index in [2.05, 4.69) is 20.8 Å². The van der Waals surface area contributed by atoms with Crippen LogP contribution in [0.15, 0.2) is 0 Å². The quantitative estimate of drug-likeness (QED) is 0.812. The summed E-state index contributed by atoms with van der Waals surface area (Å²) in [7, 11) is 1.72. The fourth-order valence-corrected chi connectivity index (χ4v) is 7.99. The Morgan fingerprint density at radius 1 is 1.12 bits per heavy atom. The molecule has 1 N–H and O–H groups in total. The molecule has 4 aliphatic carbocycles. The first-order valence-corrected chi connectivity index (χ1v) is 10.5. The van der Waals surface area contributed by atoms with Crippen molar-refractivity contribution >= 4 is 5.78 Å². The van der Waals surface area contributed by atoms with Gasteiger partial charge in [0.1, 0.15) is 5.78 Å². The van der Waals surface area contributed by atoms with Crippen molar-refractivity contribution in [3.8, 4) is 0 Å². The standard InChI is InChI=1S/C22H36O3/c1-14-12-20(2)15(11-19(14)23)5-6-16-17(20)7-9-21(3)18(16)8-10-22(21,24)13-25-4/h14-18,24H,5-13H2,1-4H3/t14-,15+,16-,17+,18+,20+,21+,22-/m1/s1. The molecule has 142 valence electrons. The molecule has 3 nitrogen and oxygen atoms in total. The van der Waals surface area contributed by atoms with Crippen LogP contribution in [0.1, 0.15) is 72.1 Å². The first kappa shape index (κ1) is 18.0. The van der Waals surface area contributed by atoms with Crippen molar-refractivity contribution in [2.45, 2.75) is 77.7 Å². The van der Waals surface area contributed by atoms with Crippen molar-refractivity contribution in [1.29, 1.82) is 0 Å². The number of ketones is 1. The van der Waals surface area contributed by atoms with Gasteiger partial charge >= 0.3 is 0 Å². The van der Waals surface area contributed by atoms with Crippen molar-refractivity contribution < 1.29 is 14.6 Å². The van der Waals surface area contributed by atoms with Crippen LogP contribution in [-0.4, -0.2) is 30.2 Å². The van der Waals surface area contributed by atoms with Gasteiger partial charge in [-0.05, 0) is 74.0 Å².